The number of hydrogen-bond acceptors (Lipinski definition) is 2. The molecule has 114 valence electrons. The van der Waals surface area contributed by atoms with E-state index in [0.29, 0.717) is 4.99 Å². The van der Waals surface area contributed by atoms with Gasteiger partial charge in [-0.3, -0.25) is 0 Å². The van der Waals surface area contributed by atoms with Gasteiger partial charge in [-0.25, -0.2) is 0 Å². The van der Waals surface area contributed by atoms with Gasteiger partial charge >= 0.3 is 0 Å². The topological polar surface area (TPSA) is 29.3 Å². The maximum absolute atomic E-state index is 5.81. The molecule has 0 rings (SSSR count). The summed E-state index contributed by atoms with van der Waals surface area (Å²) in [5.41, 5.74) is 5.79. The van der Waals surface area contributed by atoms with E-state index in [1.54, 1.807) is 0 Å². The van der Waals surface area contributed by atoms with Crippen molar-refractivity contribution >= 4 is 17.2 Å². The van der Waals surface area contributed by atoms with Crippen LogP contribution in [0.2, 0.25) is 0 Å². The fourth-order valence-electron chi connectivity index (χ4n) is 1.78. The monoisotopic (exact) mass is 286 g/mol. The first kappa shape index (κ1) is 18.9. The van der Waals surface area contributed by atoms with E-state index in [0.717, 1.165) is 24.8 Å². The van der Waals surface area contributed by atoms with E-state index in [-0.39, 0.29) is 5.41 Å². The van der Waals surface area contributed by atoms with E-state index in [1.165, 1.54) is 25.9 Å². The molecule has 0 amide bonds. The Morgan fingerprint density at radius 3 is 1.74 bits per heavy atom. The van der Waals surface area contributed by atoms with Crippen molar-refractivity contribution in [3.63, 3.8) is 0 Å². The molecule has 0 saturated heterocycles. The lowest BCUT2D eigenvalue weighted by Crippen LogP contribution is -2.36. The Kier molecular flexibility index (Phi) is 8.84. The number of nitrogens with zero attached hydrogens (tertiary/aromatic N) is 1. The Hall–Kier alpha value is -0.150. The average molecular weight is 287 g/mol. The standard InChI is InChI=1S/C16H34N2S/c1-13(2)7-10-18(11-8-14(3)4)12-9-16(5,6)15(17)19/h13-14H,7-12H2,1-6H3,(H2,17,19). The number of hydrogen-bond donors (Lipinski definition) is 1. The number of thiocarbonyl (C=S) groups is 1. The number of rotatable bonds is 10. The minimum absolute atomic E-state index is 0.0246. The van der Waals surface area contributed by atoms with Crippen molar-refractivity contribution < 1.29 is 0 Å². The van der Waals surface area contributed by atoms with E-state index in [4.69, 9.17) is 18.0 Å². The van der Waals surface area contributed by atoms with Gasteiger partial charge in [-0.05, 0) is 50.7 Å². The molecule has 0 heterocycles. The lowest BCUT2D eigenvalue weighted by atomic mass is 9.89. The molecule has 0 aliphatic heterocycles. The molecule has 0 bridgehead atoms. The van der Waals surface area contributed by atoms with E-state index < -0.39 is 0 Å². The van der Waals surface area contributed by atoms with Gasteiger partial charge in [0, 0.05) is 5.41 Å². The van der Waals surface area contributed by atoms with Gasteiger partial charge in [0.15, 0.2) is 0 Å². The molecule has 0 aromatic heterocycles. The van der Waals surface area contributed by atoms with E-state index in [1.807, 2.05) is 0 Å². The van der Waals surface area contributed by atoms with Crippen molar-refractivity contribution in [2.45, 2.75) is 60.8 Å². The molecular weight excluding hydrogens is 252 g/mol. The average Bonchev–Trinajstić information content (AvgIpc) is 2.27. The second kappa shape index (κ2) is 8.91. The molecule has 0 aliphatic rings. The molecule has 2 nitrogen and oxygen atoms in total. The van der Waals surface area contributed by atoms with Crippen LogP contribution in [-0.2, 0) is 0 Å². The maximum atomic E-state index is 5.81. The molecule has 19 heavy (non-hydrogen) atoms. The lowest BCUT2D eigenvalue weighted by molar-refractivity contribution is 0.222. The summed E-state index contributed by atoms with van der Waals surface area (Å²) in [7, 11) is 0. The maximum Gasteiger partial charge on any atom is 0.0784 e. The van der Waals surface area contributed by atoms with Crippen molar-refractivity contribution in [2.24, 2.45) is 23.0 Å². The quantitative estimate of drug-likeness (QED) is 0.614. The summed E-state index contributed by atoms with van der Waals surface area (Å²) in [6.45, 7) is 17.0. The fourth-order valence-corrected chi connectivity index (χ4v) is 1.88. The summed E-state index contributed by atoms with van der Waals surface area (Å²) in [6, 6.07) is 0. The van der Waals surface area contributed by atoms with Crippen molar-refractivity contribution in [3.8, 4) is 0 Å². The Morgan fingerprint density at radius 2 is 1.42 bits per heavy atom. The minimum Gasteiger partial charge on any atom is -0.393 e. The highest BCUT2D eigenvalue weighted by molar-refractivity contribution is 7.80. The van der Waals surface area contributed by atoms with Gasteiger partial charge in [0.25, 0.3) is 0 Å². The summed E-state index contributed by atoms with van der Waals surface area (Å²) >= 11 is 5.16. The van der Waals surface area contributed by atoms with Gasteiger partial charge in [-0.15, -0.1) is 0 Å². The van der Waals surface area contributed by atoms with E-state index in [9.17, 15) is 0 Å². The third-order valence-corrected chi connectivity index (χ3v) is 4.32. The van der Waals surface area contributed by atoms with Crippen molar-refractivity contribution in [3.05, 3.63) is 0 Å². The second-order valence-electron chi connectivity index (χ2n) is 7.20. The Balaban J connectivity index is 4.28. The van der Waals surface area contributed by atoms with Crippen LogP contribution in [0.15, 0.2) is 0 Å². The molecule has 0 saturated carbocycles. The third kappa shape index (κ3) is 9.39. The van der Waals surface area contributed by atoms with Crippen LogP contribution in [0.1, 0.15) is 60.8 Å². The first-order valence-corrected chi connectivity index (χ1v) is 8.08. The van der Waals surface area contributed by atoms with Gasteiger partial charge in [0.1, 0.15) is 0 Å². The van der Waals surface area contributed by atoms with Crippen LogP contribution >= 0.6 is 12.2 Å². The minimum atomic E-state index is -0.0246. The number of nitrogens with two attached hydrogens (primary N) is 1. The molecule has 2 N–H and O–H groups in total. The van der Waals surface area contributed by atoms with Crippen LogP contribution in [-0.4, -0.2) is 29.5 Å². The van der Waals surface area contributed by atoms with Crippen LogP contribution in [0.25, 0.3) is 0 Å². The van der Waals surface area contributed by atoms with Gasteiger partial charge in [-0.2, -0.15) is 0 Å². The smallest absolute Gasteiger partial charge is 0.0784 e. The van der Waals surface area contributed by atoms with Crippen LogP contribution in [0.3, 0.4) is 0 Å². The Morgan fingerprint density at radius 1 is 1.00 bits per heavy atom. The third-order valence-electron chi connectivity index (χ3n) is 3.77. The molecular formula is C16H34N2S. The largest absolute Gasteiger partial charge is 0.393 e. The van der Waals surface area contributed by atoms with Crippen LogP contribution in [0.5, 0.6) is 0 Å². The molecule has 0 aromatic rings. The highest BCUT2D eigenvalue weighted by Crippen LogP contribution is 2.21. The predicted octanol–water partition coefficient (Wildman–Crippen LogP) is 4.08. The molecule has 3 heteroatoms. The van der Waals surface area contributed by atoms with Gasteiger partial charge < -0.3 is 10.6 Å². The Bertz CT molecular complexity index is 247. The normalized spacial score (nSPS) is 12.7. The van der Waals surface area contributed by atoms with E-state index >= 15 is 0 Å². The molecule has 0 fully saturated rings. The van der Waals surface area contributed by atoms with Crippen LogP contribution < -0.4 is 5.73 Å². The lowest BCUT2D eigenvalue weighted by Gasteiger charge is -2.29. The summed E-state index contributed by atoms with van der Waals surface area (Å²) in [5.74, 6) is 1.54. The zero-order valence-corrected chi connectivity index (χ0v) is 14.6. The first-order valence-electron chi connectivity index (χ1n) is 7.67. The molecule has 0 aromatic carbocycles. The van der Waals surface area contributed by atoms with Crippen LogP contribution in [0.4, 0.5) is 0 Å². The highest BCUT2D eigenvalue weighted by Gasteiger charge is 2.22. The zero-order chi connectivity index (χ0) is 15.1. The fraction of sp³-hybridized carbons (Fsp3) is 0.938. The predicted molar refractivity (Wildman–Crippen MR) is 90.5 cm³/mol. The molecule has 0 unspecified atom stereocenters. The highest BCUT2D eigenvalue weighted by atomic mass is 32.1. The summed E-state index contributed by atoms with van der Waals surface area (Å²) < 4.78 is 0. The van der Waals surface area contributed by atoms with Crippen LogP contribution in [0, 0.1) is 17.3 Å². The van der Waals surface area contributed by atoms with E-state index in [2.05, 4.69) is 46.4 Å². The van der Waals surface area contributed by atoms with Crippen molar-refractivity contribution in [1.29, 1.82) is 0 Å². The van der Waals surface area contributed by atoms with Gasteiger partial charge in [0.2, 0.25) is 0 Å². The van der Waals surface area contributed by atoms with Gasteiger partial charge in [-0.1, -0.05) is 53.8 Å². The summed E-state index contributed by atoms with van der Waals surface area (Å²) in [4.78, 5) is 3.22. The second-order valence-corrected chi connectivity index (χ2v) is 7.64. The van der Waals surface area contributed by atoms with Crippen molar-refractivity contribution in [2.75, 3.05) is 19.6 Å². The molecule has 0 aliphatic carbocycles. The summed E-state index contributed by atoms with van der Waals surface area (Å²) in [5, 5.41) is 0. The zero-order valence-electron chi connectivity index (χ0n) is 13.8. The molecule has 0 spiro atoms. The van der Waals surface area contributed by atoms with Gasteiger partial charge in [0.05, 0.1) is 4.99 Å². The molecule has 0 atom stereocenters. The Labute approximate surface area is 126 Å². The summed E-state index contributed by atoms with van der Waals surface area (Å²) in [6.07, 6.45) is 3.59. The molecule has 0 radical (unpaired) electrons. The SMILES string of the molecule is CC(C)CCN(CCC(C)C)CCC(C)(C)C(N)=S. The first-order chi connectivity index (χ1) is 8.65. The van der Waals surface area contributed by atoms with Crippen molar-refractivity contribution in [1.82, 2.24) is 4.90 Å².